The Morgan fingerprint density at radius 3 is 2.53 bits per heavy atom. The Kier molecular flexibility index (Phi) is 9.15. The normalized spacial score (nSPS) is 12.2. The van der Waals surface area contributed by atoms with Crippen LogP contribution in [0.25, 0.3) is 0 Å². The number of rotatable bonds is 7. The second-order valence-electron chi connectivity index (χ2n) is 6.58. The fraction of sp³-hybridized carbons (Fsp3) is 0.333. The Hall–Kier alpha value is -2.56. The summed E-state index contributed by atoms with van der Waals surface area (Å²) < 4.78 is 24.2. The third kappa shape index (κ3) is 6.48. The van der Waals surface area contributed by atoms with Crippen LogP contribution in [0.2, 0.25) is 0 Å². The molecule has 3 N–H and O–H groups in total. The smallest absolute Gasteiger partial charge is 0.251 e. The molecule has 0 unspecified atom stereocenters. The number of benzene rings is 2. The van der Waals surface area contributed by atoms with Gasteiger partial charge in [0.2, 0.25) is 6.79 Å². The average molecular weight is 528 g/mol. The van der Waals surface area contributed by atoms with Gasteiger partial charge in [-0.3, -0.25) is 9.79 Å². The van der Waals surface area contributed by atoms with Crippen molar-refractivity contribution in [1.82, 2.24) is 16.0 Å². The maximum Gasteiger partial charge on any atom is 0.251 e. The van der Waals surface area contributed by atoms with Crippen LogP contribution in [0.5, 0.6) is 11.5 Å². The fourth-order valence-corrected chi connectivity index (χ4v) is 2.84. The number of fused-ring (bicyclic) bond motifs is 1. The Labute approximate surface area is 192 Å². The molecule has 1 aliphatic rings. The Morgan fingerprint density at radius 1 is 1.03 bits per heavy atom. The Bertz CT molecular complexity index is 908. The van der Waals surface area contributed by atoms with E-state index < -0.39 is 0 Å². The number of ether oxygens (including phenoxy) is 2. The van der Waals surface area contributed by atoms with Gasteiger partial charge in [0.15, 0.2) is 17.5 Å². The first-order valence-corrected chi connectivity index (χ1v) is 9.44. The number of hydrogen-bond acceptors (Lipinski definition) is 4. The molecule has 0 aliphatic carbocycles. The van der Waals surface area contributed by atoms with Gasteiger partial charge in [0.1, 0.15) is 5.82 Å². The van der Waals surface area contributed by atoms with Crippen LogP contribution in [0.3, 0.4) is 0 Å². The number of carbonyl (C=O) groups excluding carboxylic acids is 1. The molecule has 0 saturated heterocycles. The van der Waals surface area contributed by atoms with E-state index in [9.17, 15) is 9.18 Å². The van der Waals surface area contributed by atoms with Crippen molar-refractivity contribution < 1.29 is 18.7 Å². The molecule has 0 spiro atoms. The van der Waals surface area contributed by atoms with Crippen molar-refractivity contribution in [3.8, 4) is 11.5 Å². The van der Waals surface area contributed by atoms with E-state index >= 15 is 0 Å². The fourth-order valence-electron chi connectivity index (χ4n) is 2.84. The van der Waals surface area contributed by atoms with Crippen molar-refractivity contribution in [1.29, 1.82) is 0 Å². The van der Waals surface area contributed by atoms with E-state index in [0.29, 0.717) is 36.7 Å². The Morgan fingerprint density at radius 2 is 1.77 bits per heavy atom. The third-order valence-electron chi connectivity index (χ3n) is 4.50. The van der Waals surface area contributed by atoms with Crippen LogP contribution in [-0.2, 0) is 6.42 Å². The number of guanidine groups is 1. The van der Waals surface area contributed by atoms with Crippen LogP contribution in [0.1, 0.15) is 21.5 Å². The number of aryl methyl sites for hydroxylation is 1. The summed E-state index contributed by atoms with van der Waals surface area (Å²) in [6, 6.07) is 10.3. The quantitative estimate of drug-likeness (QED) is 0.223. The third-order valence-corrected chi connectivity index (χ3v) is 4.50. The topological polar surface area (TPSA) is 84.0 Å². The van der Waals surface area contributed by atoms with Gasteiger partial charge in [-0.15, -0.1) is 24.0 Å². The molecule has 0 fully saturated rings. The molecular formula is C21H26FIN4O3. The summed E-state index contributed by atoms with van der Waals surface area (Å²) in [4.78, 5) is 16.2. The van der Waals surface area contributed by atoms with Gasteiger partial charge in [0.05, 0.1) is 0 Å². The molecule has 1 aliphatic heterocycles. The zero-order valence-corrected chi connectivity index (χ0v) is 19.3. The van der Waals surface area contributed by atoms with Gasteiger partial charge < -0.3 is 25.4 Å². The van der Waals surface area contributed by atoms with Gasteiger partial charge in [-0.1, -0.05) is 12.1 Å². The Balaban J connectivity index is 0.00000320. The highest BCUT2D eigenvalue weighted by molar-refractivity contribution is 14.0. The highest BCUT2D eigenvalue weighted by Crippen LogP contribution is 2.32. The number of hydrogen-bond donors (Lipinski definition) is 3. The second-order valence-corrected chi connectivity index (χ2v) is 6.58. The first-order chi connectivity index (χ1) is 14.1. The molecule has 3 rings (SSSR count). The number of carbonyl (C=O) groups is 1. The van der Waals surface area contributed by atoms with E-state index in [4.69, 9.17) is 9.47 Å². The van der Waals surface area contributed by atoms with E-state index in [1.807, 2.05) is 18.2 Å². The predicted molar refractivity (Wildman–Crippen MR) is 125 cm³/mol. The molecule has 1 heterocycles. The zero-order valence-electron chi connectivity index (χ0n) is 17.0. The van der Waals surface area contributed by atoms with Gasteiger partial charge in [0.25, 0.3) is 5.91 Å². The van der Waals surface area contributed by atoms with Crippen LogP contribution in [0.4, 0.5) is 4.39 Å². The molecule has 0 saturated carbocycles. The van der Waals surface area contributed by atoms with E-state index in [1.54, 1.807) is 26.1 Å². The van der Waals surface area contributed by atoms with Gasteiger partial charge in [-0.25, -0.2) is 4.39 Å². The molecular weight excluding hydrogens is 502 g/mol. The van der Waals surface area contributed by atoms with Gasteiger partial charge in [0, 0.05) is 32.2 Å². The van der Waals surface area contributed by atoms with E-state index in [2.05, 4.69) is 20.9 Å². The summed E-state index contributed by atoms with van der Waals surface area (Å²) in [5.41, 5.74) is 1.95. The minimum atomic E-state index is -0.386. The average Bonchev–Trinajstić information content (AvgIpc) is 3.19. The maximum absolute atomic E-state index is 13.6. The number of amides is 1. The van der Waals surface area contributed by atoms with Crippen molar-refractivity contribution in [3.05, 3.63) is 58.9 Å². The lowest BCUT2D eigenvalue weighted by Crippen LogP contribution is -2.42. The van der Waals surface area contributed by atoms with Gasteiger partial charge >= 0.3 is 0 Å². The minimum Gasteiger partial charge on any atom is -0.454 e. The predicted octanol–water partition coefficient (Wildman–Crippen LogP) is 2.62. The van der Waals surface area contributed by atoms with Crippen molar-refractivity contribution >= 4 is 35.8 Å². The molecule has 30 heavy (non-hydrogen) atoms. The van der Waals surface area contributed by atoms with Gasteiger partial charge in [-0.2, -0.15) is 0 Å². The summed E-state index contributed by atoms with van der Waals surface area (Å²) in [7, 11) is 1.68. The van der Waals surface area contributed by atoms with E-state index in [1.165, 1.54) is 6.07 Å². The number of aliphatic imine (C=N–C) groups is 1. The maximum atomic E-state index is 13.6. The zero-order chi connectivity index (χ0) is 20.6. The first-order valence-electron chi connectivity index (χ1n) is 9.44. The standard InChI is InChI=1S/C21H25FN4O3.HI/c1-14-3-5-16(12-17(14)22)20(27)24-9-10-26-21(23-2)25-8-7-15-4-6-18-19(11-15)29-13-28-18;/h3-6,11-12H,7-10,13H2,1-2H3,(H,24,27)(H2,23,25,26);1H. The monoisotopic (exact) mass is 528 g/mol. The van der Waals surface area contributed by atoms with Crippen LogP contribution in [-0.4, -0.2) is 45.3 Å². The number of nitrogens with zero attached hydrogens (tertiary/aromatic N) is 1. The molecule has 2 aromatic rings. The highest BCUT2D eigenvalue weighted by Gasteiger charge is 2.13. The van der Waals surface area contributed by atoms with E-state index in [0.717, 1.165) is 23.5 Å². The molecule has 9 heteroatoms. The lowest BCUT2D eigenvalue weighted by atomic mass is 10.1. The van der Waals surface area contributed by atoms with Crippen molar-refractivity contribution in [2.24, 2.45) is 4.99 Å². The number of halogens is 2. The SMILES string of the molecule is CN=C(NCCNC(=O)c1ccc(C)c(F)c1)NCCc1ccc2c(c1)OCO2.I. The number of nitrogens with one attached hydrogen (secondary N) is 3. The molecule has 0 aromatic heterocycles. The summed E-state index contributed by atoms with van der Waals surface area (Å²) in [6.07, 6.45) is 0.799. The minimum absolute atomic E-state index is 0. The van der Waals surface area contributed by atoms with Gasteiger partial charge in [-0.05, 0) is 48.7 Å². The lowest BCUT2D eigenvalue weighted by Gasteiger charge is -2.12. The second kappa shape index (κ2) is 11.6. The summed E-state index contributed by atoms with van der Waals surface area (Å²) in [5, 5.41) is 9.11. The highest BCUT2D eigenvalue weighted by atomic mass is 127. The molecule has 1 amide bonds. The first kappa shape index (κ1) is 23.7. The summed E-state index contributed by atoms with van der Waals surface area (Å²) in [5.74, 6) is 1.49. The summed E-state index contributed by atoms with van der Waals surface area (Å²) in [6.45, 7) is 3.49. The summed E-state index contributed by atoms with van der Waals surface area (Å²) >= 11 is 0. The van der Waals surface area contributed by atoms with Crippen LogP contribution >= 0.6 is 24.0 Å². The van der Waals surface area contributed by atoms with Crippen molar-refractivity contribution in [2.75, 3.05) is 33.5 Å². The van der Waals surface area contributed by atoms with Crippen LogP contribution < -0.4 is 25.4 Å². The molecule has 2 aromatic carbocycles. The van der Waals surface area contributed by atoms with Crippen LogP contribution in [0.15, 0.2) is 41.4 Å². The molecule has 0 radical (unpaired) electrons. The van der Waals surface area contributed by atoms with Crippen molar-refractivity contribution in [3.63, 3.8) is 0 Å². The largest absolute Gasteiger partial charge is 0.454 e. The van der Waals surface area contributed by atoms with Crippen molar-refractivity contribution in [2.45, 2.75) is 13.3 Å². The molecule has 0 bridgehead atoms. The van der Waals surface area contributed by atoms with Crippen LogP contribution in [0, 0.1) is 12.7 Å². The van der Waals surface area contributed by atoms with E-state index in [-0.39, 0.29) is 42.5 Å². The molecule has 162 valence electrons. The molecule has 0 atom stereocenters. The molecule has 7 nitrogen and oxygen atoms in total. The lowest BCUT2D eigenvalue weighted by molar-refractivity contribution is 0.0954.